The quantitative estimate of drug-likeness (QED) is 0.523. The highest BCUT2D eigenvalue weighted by atomic mass is 19.1. The summed E-state index contributed by atoms with van der Waals surface area (Å²) in [6.07, 6.45) is 15.6. The van der Waals surface area contributed by atoms with E-state index < -0.39 is 5.67 Å². The number of halogens is 1. The average Bonchev–Trinajstić information content (AvgIpc) is 2.91. The van der Waals surface area contributed by atoms with Gasteiger partial charge >= 0.3 is 0 Å². The third kappa shape index (κ3) is 4.21. The van der Waals surface area contributed by atoms with Crippen molar-refractivity contribution in [2.24, 2.45) is 18.9 Å². The number of allylic oxidation sites excluding steroid dienone is 2. The molecule has 0 spiro atoms. The monoisotopic (exact) mass is 410 g/mol. The predicted octanol–water partition coefficient (Wildman–Crippen LogP) is 5.50. The lowest BCUT2D eigenvalue weighted by Gasteiger charge is -2.34. The maximum Gasteiger partial charge on any atom is 0.207 e. The van der Waals surface area contributed by atoms with E-state index >= 15 is 0 Å². The molecule has 4 nitrogen and oxygen atoms in total. The van der Waals surface area contributed by atoms with Crippen LogP contribution in [0.1, 0.15) is 62.0 Å². The van der Waals surface area contributed by atoms with Crippen LogP contribution in [0.25, 0.3) is 17.2 Å². The summed E-state index contributed by atoms with van der Waals surface area (Å²) in [4.78, 5) is 0. The summed E-state index contributed by atoms with van der Waals surface area (Å²) < 4.78 is 22.1. The van der Waals surface area contributed by atoms with E-state index in [4.69, 9.17) is 10.3 Å². The Kier molecular flexibility index (Phi) is 5.81. The molecule has 4 rings (SSSR count). The summed E-state index contributed by atoms with van der Waals surface area (Å²) in [6, 6.07) is 2.23. The van der Waals surface area contributed by atoms with Gasteiger partial charge in [0.15, 0.2) is 12.0 Å². The number of nitrogens with two attached hydrogens (primary N) is 1. The second kappa shape index (κ2) is 8.37. The second-order valence-electron chi connectivity index (χ2n) is 9.23. The number of anilines is 1. The first-order chi connectivity index (χ1) is 14.4. The Labute approximate surface area is 178 Å². The zero-order valence-corrected chi connectivity index (χ0v) is 18.2. The van der Waals surface area contributed by atoms with Gasteiger partial charge in [-0.05, 0) is 76.2 Å². The Morgan fingerprint density at radius 1 is 1.37 bits per heavy atom. The number of rotatable bonds is 5. The summed E-state index contributed by atoms with van der Waals surface area (Å²) in [6.45, 7) is 5.61. The van der Waals surface area contributed by atoms with Crippen molar-refractivity contribution < 1.29 is 13.5 Å². The number of aryl methyl sites for hydroxylation is 3. The summed E-state index contributed by atoms with van der Waals surface area (Å²) in [5.74, 6) is 2.34. The summed E-state index contributed by atoms with van der Waals surface area (Å²) >= 11 is 0. The fourth-order valence-electron chi connectivity index (χ4n) is 5.29. The number of hydrogen-bond acceptors (Lipinski definition) is 3. The van der Waals surface area contributed by atoms with Crippen LogP contribution in [0.15, 0.2) is 35.5 Å². The van der Waals surface area contributed by atoms with Gasteiger partial charge in [-0.25, -0.2) is 8.96 Å². The maximum absolute atomic E-state index is 14.7. The number of fused-ring (bicyclic) bond motifs is 1. The number of pyridine rings is 1. The lowest BCUT2D eigenvalue weighted by Crippen LogP contribution is -2.33. The zero-order valence-electron chi connectivity index (χ0n) is 18.2. The molecule has 0 saturated heterocycles. The van der Waals surface area contributed by atoms with Crippen molar-refractivity contribution in [1.82, 2.24) is 5.16 Å². The van der Waals surface area contributed by atoms with E-state index in [1.54, 1.807) is 6.08 Å². The van der Waals surface area contributed by atoms with Crippen LogP contribution in [0.3, 0.4) is 0 Å². The Morgan fingerprint density at radius 3 is 2.80 bits per heavy atom. The van der Waals surface area contributed by atoms with E-state index in [1.807, 2.05) is 6.92 Å². The van der Waals surface area contributed by atoms with Crippen LogP contribution in [0.2, 0.25) is 0 Å². The van der Waals surface area contributed by atoms with Crippen LogP contribution in [-0.4, -0.2) is 10.8 Å². The molecular formula is C25H33FN3O+. The smallest absolute Gasteiger partial charge is 0.207 e. The number of nitrogens with zero attached hydrogens (tertiary/aromatic N) is 2. The zero-order chi connectivity index (χ0) is 21.3. The molecule has 2 N–H and O–H groups in total. The van der Waals surface area contributed by atoms with E-state index in [0.29, 0.717) is 36.9 Å². The van der Waals surface area contributed by atoms with E-state index in [-0.39, 0.29) is 0 Å². The van der Waals surface area contributed by atoms with Gasteiger partial charge < -0.3 is 10.3 Å². The topological polar surface area (TPSA) is 55.9 Å². The van der Waals surface area contributed by atoms with Crippen LogP contribution in [0.5, 0.6) is 0 Å². The molecule has 0 aliphatic heterocycles. The fraction of sp³-hybridized carbons (Fsp3) is 0.520. The maximum atomic E-state index is 14.7. The van der Waals surface area contributed by atoms with Gasteiger partial charge in [-0.1, -0.05) is 17.3 Å². The normalized spacial score (nSPS) is 26.2. The highest BCUT2D eigenvalue weighted by Crippen LogP contribution is 2.41. The molecule has 160 valence electrons. The molecule has 0 amide bonds. The van der Waals surface area contributed by atoms with Crippen molar-refractivity contribution in [3.05, 3.63) is 48.0 Å². The Bertz CT molecular complexity index is 934. The Morgan fingerprint density at radius 2 is 2.13 bits per heavy atom. The minimum atomic E-state index is -1.01. The lowest BCUT2D eigenvalue weighted by atomic mass is 9.75. The van der Waals surface area contributed by atoms with Crippen molar-refractivity contribution in [3.63, 3.8) is 0 Å². The Balaban J connectivity index is 1.45. The van der Waals surface area contributed by atoms with Gasteiger partial charge in [0, 0.05) is 11.6 Å². The summed E-state index contributed by atoms with van der Waals surface area (Å²) in [5.41, 5.74) is 9.52. The standard InChI is InChI=1S/C25H33FN3O/c1-4-11-25(26)12-9-19(10-13-25)14-18-5-7-20-15-21(16-29(3)22(20)8-6-18)23-17(2)30-28-24(23)27/h4,6,8,15-16,18-19H,1,5,7,9-14H2,2-3H3,(H2,27,28)/q+1. The third-order valence-corrected chi connectivity index (χ3v) is 7.01. The van der Waals surface area contributed by atoms with Gasteiger partial charge in [-0.3, -0.25) is 0 Å². The van der Waals surface area contributed by atoms with Crippen molar-refractivity contribution in [2.75, 3.05) is 5.73 Å². The number of hydrogen-bond donors (Lipinski definition) is 1. The van der Waals surface area contributed by atoms with E-state index in [1.165, 1.54) is 11.3 Å². The van der Waals surface area contributed by atoms with Gasteiger partial charge in [0.05, 0.1) is 11.1 Å². The number of aromatic nitrogens is 2. The van der Waals surface area contributed by atoms with Crippen molar-refractivity contribution >= 4 is 11.9 Å². The SMILES string of the molecule is C=CCC1(F)CCC(CC2C=Cc3c(cc(-c4c(N)noc4C)c[n+]3C)CC2)CC1. The molecule has 1 unspecified atom stereocenters. The highest BCUT2D eigenvalue weighted by molar-refractivity contribution is 5.75. The van der Waals surface area contributed by atoms with E-state index in [9.17, 15) is 4.39 Å². The van der Waals surface area contributed by atoms with Gasteiger partial charge in [0.25, 0.3) is 0 Å². The lowest BCUT2D eigenvalue weighted by molar-refractivity contribution is -0.673. The fourth-order valence-corrected chi connectivity index (χ4v) is 5.29. The molecule has 2 aromatic heterocycles. The van der Waals surface area contributed by atoms with Crippen LogP contribution in [0.4, 0.5) is 10.2 Å². The molecule has 1 saturated carbocycles. The van der Waals surface area contributed by atoms with Crippen LogP contribution >= 0.6 is 0 Å². The first-order valence-electron chi connectivity index (χ1n) is 11.1. The molecule has 2 aromatic rings. The molecule has 0 bridgehead atoms. The molecule has 1 fully saturated rings. The van der Waals surface area contributed by atoms with Crippen molar-refractivity contribution in [2.45, 2.75) is 64.0 Å². The minimum absolute atomic E-state index is 0.437. The molecule has 2 heterocycles. The summed E-state index contributed by atoms with van der Waals surface area (Å²) in [5, 5.41) is 3.90. The highest BCUT2D eigenvalue weighted by Gasteiger charge is 2.34. The van der Waals surface area contributed by atoms with Gasteiger partial charge in [0.2, 0.25) is 5.69 Å². The molecule has 2 aliphatic rings. The molecule has 30 heavy (non-hydrogen) atoms. The average molecular weight is 411 g/mol. The largest absolute Gasteiger partial charge is 0.380 e. The van der Waals surface area contributed by atoms with Gasteiger partial charge in [-0.15, -0.1) is 6.58 Å². The van der Waals surface area contributed by atoms with Gasteiger partial charge in [-0.2, -0.15) is 0 Å². The molecule has 2 aliphatic carbocycles. The minimum Gasteiger partial charge on any atom is -0.380 e. The van der Waals surface area contributed by atoms with Crippen molar-refractivity contribution in [3.8, 4) is 11.1 Å². The predicted molar refractivity (Wildman–Crippen MR) is 118 cm³/mol. The van der Waals surface area contributed by atoms with Crippen LogP contribution in [-0.2, 0) is 13.5 Å². The molecule has 0 radical (unpaired) electrons. The molecule has 1 atom stereocenters. The van der Waals surface area contributed by atoms with Crippen LogP contribution < -0.4 is 10.3 Å². The Hall–Kier alpha value is -2.43. The van der Waals surface area contributed by atoms with E-state index in [2.05, 4.69) is 47.8 Å². The van der Waals surface area contributed by atoms with Gasteiger partial charge in [0.1, 0.15) is 18.5 Å². The third-order valence-electron chi connectivity index (χ3n) is 7.01. The molecular weight excluding hydrogens is 377 g/mol. The van der Waals surface area contributed by atoms with Crippen LogP contribution in [0, 0.1) is 18.8 Å². The molecule has 0 aromatic carbocycles. The molecule has 5 heteroatoms. The van der Waals surface area contributed by atoms with E-state index in [0.717, 1.165) is 49.0 Å². The first kappa shape index (κ1) is 20.8. The number of nitrogen functional groups attached to an aromatic ring is 1. The first-order valence-corrected chi connectivity index (χ1v) is 11.1. The van der Waals surface area contributed by atoms with Crippen molar-refractivity contribution in [1.29, 1.82) is 0 Å². The summed E-state index contributed by atoms with van der Waals surface area (Å²) in [7, 11) is 2.08. The second-order valence-corrected chi connectivity index (χ2v) is 9.23. The number of alkyl halides is 1.